The molecule has 15 heavy (non-hydrogen) atoms. The van der Waals surface area contributed by atoms with Crippen molar-refractivity contribution in [3.05, 3.63) is 0 Å². The van der Waals surface area contributed by atoms with Crippen LogP contribution < -0.4 is 5.32 Å². The normalized spacial score (nSPS) is 16.9. The maximum absolute atomic E-state index is 10.8. The van der Waals surface area contributed by atoms with E-state index < -0.39 is 0 Å². The van der Waals surface area contributed by atoms with Crippen LogP contribution in [0.3, 0.4) is 0 Å². The molecule has 88 valence electrons. The first-order valence-corrected chi connectivity index (χ1v) is 6.10. The van der Waals surface area contributed by atoms with Crippen LogP contribution in [-0.2, 0) is 9.53 Å². The third kappa shape index (κ3) is 5.78. The molecule has 1 rings (SSSR count). The Balaban J connectivity index is 1.82. The van der Waals surface area contributed by atoms with Gasteiger partial charge in [0, 0.05) is 6.42 Å². The Kier molecular flexibility index (Phi) is 6.41. The van der Waals surface area contributed by atoms with Gasteiger partial charge in [0.15, 0.2) is 0 Å². The number of ether oxygens (including phenoxy) is 1. The van der Waals surface area contributed by atoms with Crippen molar-refractivity contribution in [1.82, 2.24) is 5.32 Å². The molecule has 3 nitrogen and oxygen atoms in total. The van der Waals surface area contributed by atoms with Crippen LogP contribution in [0.5, 0.6) is 0 Å². The van der Waals surface area contributed by atoms with Gasteiger partial charge in [0.25, 0.3) is 0 Å². The van der Waals surface area contributed by atoms with E-state index in [1.807, 2.05) is 0 Å². The number of esters is 1. The molecule has 1 N–H and O–H groups in total. The Morgan fingerprint density at radius 1 is 1.33 bits per heavy atom. The van der Waals surface area contributed by atoms with Gasteiger partial charge in [-0.15, -0.1) is 0 Å². The van der Waals surface area contributed by atoms with Gasteiger partial charge in [-0.3, -0.25) is 4.79 Å². The van der Waals surface area contributed by atoms with E-state index >= 15 is 0 Å². The minimum Gasteiger partial charge on any atom is -0.469 e. The molecule has 0 radical (unpaired) electrons. The molecule has 0 aromatic rings. The predicted octanol–water partition coefficient (Wildman–Crippen LogP) is 2.11. The maximum Gasteiger partial charge on any atom is 0.305 e. The van der Waals surface area contributed by atoms with Gasteiger partial charge in [0.05, 0.1) is 7.11 Å². The largest absolute Gasteiger partial charge is 0.469 e. The summed E-state index contributed by atoms with van der Waals surface area (Å²) in [6.07, 6.45) is 8.41. The van der Waals surface area contributed by atoms with Gasteiger partial charge in [0.1, 0.15) is 0 Å². The predicted molar refractivity (Wildman–Crippen MR) is 60.7 cm³/mol. The summed E-state index contributed by atoms with van der Waals surface area (Å²) in [5.74, 6) is 0.852. The van der Waals surface area contributed by atoms with E-state index in [0.29, 0.717) is 6.42 Å². The van der Waals surface area contributed by atoms with Crippen molar-refractivity contribution in [1.29, 1.82) is 0 Å². The first-order valence-electron chi connectivity index (χ1n) is 6.10. The van der Waals surface area contributed by atoms with Crippen molar-refractivity contribution in [2.45, 2.75) is 44.9 Å². The van der Waals surface area contributed by atoms with Crippen molar-refractivity contribution < 1.29 is 9.53 Å². The molecule has 0 unspecified atom stereocenters. The van der Waals surface area contributed by atoms with Crippen LogP contribution in [0, 0.1) is 5.92 Å². The molecule has 0 amide bonds. The minimum atomic E-state index is -0.104. The average molecular weight is 213 g/mol. The molecule has 1 aliphatic rings. The highest BCUT2D eigenvalue weighted by molar-refractivity contribution is 5.68. The van der Waals surface area contributed by atoms with Crippen LogP contribution in [0.2, 0.25) is 0 Å². The van der Waals surface area contributed by atoms with Gasteiger partial charge < -0.3 is 10.1 Å². The number of carbonyl (C=O) groups is 1. The van der Waals surface area contributed by atoms with Crippen molar-refractivity contribution in [2.75, 3.05) is 20.2 Å². The summed E-state index contributed by atoms with van der Waals surface area (Å²) >= 11 is 0. The fraction of sp³-hybridized carbons (Fsp3) is 0.917. The standard InChI is InChI=1S/C12H23NO2/c1-15-12(14)7-4-9-13-10-8-11-5-2-3-6-11/h11,13H,2-10H2,1H3. The number of nitrogens with one attached hydrogen (secondary N) is 1. The number of carbonyl (C=O) groups excluding carboxylic acids is 1. The quantitative estimate of drug-likeness (QED) is 0.520. The molecule has 0 aromatic heterocycles. The molecule has 1 fully saturated rings. The highest BCUT2D eigenvalue weighted by Crippen LogP contribution is 2.26. The lowest BCUT2D eigenvalue weighted by Crippen LogP contribution is -2.19. The average Bonchev–Trinajstić information content (AvgIpc) is 2.75. The molecule has 0 atom stereocenters. The highest BCUT2D eigenvalue weighted by atomic mass is 16.5. The number of methoxy groups -OCH3 is 1. The Morgan fingerprint density at radius 2 is 2.07 bits per heavy atom. The molecule has 0 aliphatic heterocycles. The van der Waals surface area contributed by atoms with Crippen LogP contribution in [0.15, 0.2) is 0 Å². The number of hydrogen-bond acceptors (Lipinski definition) is 3. The second kappa shape index (κ2) is 7.69. The zero-order chi connectivity index (χ0) is 10.9. The summed E-state index contributed by atoms with van der Waals surface area (Å²) in [5.41, 5.74) is 0. The molecule has 0 heterocycles. The molecule has 3 heteroatoms. The van der Waals surface area contributed by atoms with Gasteiger partial charge in [-0.2, -0.15) is 0 Å². The Morgan fingerprint density at radius 3 is 2.73 bits per heavy atom. The third-order valence-corrected chi connectivity index (χ3v) is 3.17. The maximum atomic E-state index is 10.8. The van der Waals surface area contributed by atoms with E-state index in [1.54, 1.807) is 0 Å². The first-order chi connectivity index (χ1) is 7.33. The van der Waals surface area contributed by atoms with Gasteiger partial charge in [-0.1, -0.05) is 25.7 Å². The van der Waals surface area contributed by atoms with Crippen LogP contribution in [-0.4, -0.2) is 26.2 Å². The lowest BCUT2D eigenvalue weighted by Gasteiger charge is -2.09. The summed E-state index contributed by atoms with van der Waals surface area (Å²) in [6.45, 7) is 2.04. The van der Waals surface area contributed by atoms with Gasteiger partial charge in [0.2, 0.25) is 0 Å². The highest BCUT2D eigenvalue weighted by Gasteiger charge is 2.13. The molecule has 0 bridgehead atoms. The van der Waals surface area contributed by atoms with E-state index in [-0.39, 0.29) is 5.97 Å². The van der Waals surface area contributed by atoms with E-state index in [9.17, 15) is 4.79 Å². The van der Waals surface area contributed by atoms with Gasteiger partial charge in [-0.25, -0.2) is 0 Å². The summed E-state index contributed by atoms with van der Waals surface area (Å²) in [5, 5.41) is 3.38. The van der Waals surface area contributed by atoms with Crippen LogP contribution >= 0.6 is 0 Å². The number of rotatable bonds is 7. The second-order valence-electron chi connectivity index (χ2n) is 4.37. The number of hydrogen-bond donors (Lipinski definition) is 1. The first kappa shape index (κ1) is 12.5. The smallest absolute Gasteiger partial charge is 0.305 e. The molecule has 1 aliphatic carbocycles. The van der Waals surface area contributed by atoms with E-state index in [4.69, 9.17) is 0 Å². The molecular weight excluding hydrogens is 190 g/mol. The van der Waals surface area contributed by atoms with Gasteiger partial charge in [-0.05, 0) is 31.8 Å². The Bertz CT molecular complexity index is 176. The Labute approximate surface area is 92.6 Å². The zero-order valence-corrected chi connectivity index (χ0v) is 9.76. The van der Waals surface area contributed by atoms with Gasteiger partial charge >= 0.3 is 5.97 Å². The van der Waals surface area contributed by atoms with Crippen LogP contribution in [0.1, 0.15) is 44.9 Å². The lowest BCUT2D eigenvalue weighted by molar-refractivity contribution is -0.140. The third-order valence-electron chi connectivity index (χ3n) is 3.17. The minimum absolute atomic E-state index is 0.104. The van der Waals surface area contributed by atoms with E-state index in [2.05, 4.69) is 10.1 Å². The summed E-state index contributed by atoms with van der Waals surface area (Å²) in [4.78, 5) is 10.8. The van der Waals surface area contributed by atoms with Crippen LogP contribution in [0.25, 0.3) is 0 Å². The molecule has 0 spiro atoms. The molecule has 1 saturated carbocycles. The molecule has 0 saturated heterocycles. The molecular formula is C12H23NO2. The fourth-order valence-electron chi connectivity index (χ4n) is 2.19. The van der Waals surface area contributed by atoms with E-state index in [1.165, 1.54) is 39.2 Å². The fourth-order valence-corrected chi connectivity index (χ4v) is 2.19. The second-order valence-corrected chi connectivity index (χ2v) is 4.37. The molecule has 0 aromatic carbocycles. The monoisotopic (exact) mass is 213 g/mol. The van der Waals surface area contributed by atoms with Crippen molar-refractivity contribution >= 4 is 5.97 Å². The SMILES string of the molecule is COC(=O)CCCNCCC1CCCC1. The van der Waals surface area contributed by atoms with Crippen LogP contribution in [0.4, 0.5) is 0 Å². The Hall–Kier alpha value is -0.570. The van der Waals surface area contributed by atoms with Crippen molar-refractivity contribution in [3.8, 4) is 0 Å². The summed E-state index contributed by atoms with van der Waals surface area (Å²) < 4.78 is 4.57. The van der Waals surface area contributed by atoms with E-state index in [0.717, 1.165) is 25.4 Å². The topological polar surface area (TPSA) is 38.3 Å². The zero-order valence-electron chi connectivity index (χ0n) is 9.76. The summed E-state index contributed by atoms with van der Waals surface area (Å²) in [6, 6.07) is 0. The summed E-state index contributed by atoms with van der Waals surface area (Å²) in [7, 11) is 1.44. The lowest BCUT2D eigenvalue weighted by atomic mass is 10.0. The van der Waals surface area contributed by atoms with Crippen molar-refractivity contribution in [2.24, 2.45) is 5.92 Å². The van der Waals surface area contributed by atoms with Crippen molar-refractivity contribution in [3.63, 3.8) is 0 Å².